The van der Waals surface area contributed by atoms with E-state index in [0.29, 0.717) is 13.0 Å². The van der Waals surface area contributed by atoms with Crippen LogP contribution in [-0.4, -0.2) is 30.9 Å². The molecule has 0 radical (unpaired) electrons. The number of nitrogens with one attached hydrogen (secondary N) is 1. The fourth-order valence-corrected chi connectivity index (χ4v) is 1.70. The molecule has 15 heavy (non-hydrogen) atoms. The van der Waals surface area contributed by atoms with Gasteiger partial charge in [0.15, 0.2) is 0 Å². The number of rotatable bonds is 2. The second kappa shape index (κ2) is 4.75. The molecule has 0 aliphatic carbocycles. The fraction of sp³-hybridized carbons (Fsp3) is 0.818. The van der Waals surface area contributed by atoms with Crippen LogP contribution in [-0.2, 0) is 14.3 Å². The molecule has 1 N–H and O–H groups in total. The lowest BCUT2D eigenvalue weighted by atomic mass is 9.87. The van der Waals surface area contributed by atoms with E-state index in [1.54, 1.807) is 0 Å². The van der Waals surface area contributed by atoms with Gasteiger partial charge in [-0.15, -0.1) is 0 Å². The van der Waals surface area contributed by atoms with E-state index in [1.165, 1.54) is 0 Å². The van der Waals surface area contributed by atoms with Crippen LogP contribution >= 0.6 is 0 Å². The van der Waals surface area contributed by atoms with Crippen LogP contribution in [0.25, 0.3) is 0 Å². The van der Waals surface area contributed by atoms with Gasteiger partial charge in [0.05, 0.1) is 5.92 Å². The monoisotopic (exact) mass is 213 g/mol. The first-order valence-electron chi connectivity index (χ1n) is 5.33. The third-order valence-electron chi connectivity index (χ3n) is 2.41. The molecule has 0 spiro atoms. The third-order valence-corrected chi connectivity index (χ3v) is 2.41. The van der Waals surface area contributed by atoms with Crippen molar-refractivity contribution in [2.75, 3.05) is 13.1 Å². The number of esters is 1. The Hall–Kier alpha value is -0.900. The van der Waals surface area contributed by atoms with E-state index in [-0.39, 0.29) is 17.8 Å². The smallest absolute Gasteiger partial charge is 0.310 e. The van der Waals surface area contributed by atoms with Crippen LogP contribution in [0.5, 0.6) is 0 Å². The molecule has 0 amide bonds. The summed E-state index contributed by atoms with van der Waals surface area (Å²) < 4.78 is 5.28. The van der Waals surface area contributed by atoms with Gasteiger partial charge in [-0.3, -0.25) is 4.79 Å². The van der Waals surface area contributed by atoms with Crippen LogP contribution in [0.15, 0.2) is 0 Å². The zero-order valence-corrected chi connectivity index (χ0v) is 9.58. The topological polar surface area (TPSA) is 55.4 Å². The van der Waals surface area contributed by atoms with E-state index in [2.05, 4.69) is 5.32 Å². The normalized spacial score (nSPS) is 27.1. The van der Waals surface area contributed by atoms with Crippen LogP contribution < -0.4 is 5.32 Å². The van der Waals surface area contributed by atoms with Crippen molar-refractivity contribution < 1.29 is 14.3 Å². The van der Waals surface area contributed by atoms with Crippen LogP contribution in [0.4, 0.5) is 0 Å². The van der Waals surface area contributed by atoms with Gasteiger partial charge in [0.2, 0.25) is 0 Å². The molecule has 0 bridgehead atoms. The van der Waals surface area contributed by atoms with Gasteiger partial charge in [0.1, 0.15) is 11.9 Å². The summed E-state index contributed by atoms with van der Waals surface area (Å²) >= 11 is 0. The van der Waals surface area contributed by atoms with Gasteiger partial charge >= 0.3 is 5.97 Å². The van der Waals surface area contributed by atoms with Crippen LogP contribution in [0.1, 0.15) is 27.2 Å². The van der Waals surface area contributed by atoms with Crippen molar-refractivity contribution in [3.8, 4) is 0 Å². The molecule has 86 valence electrons. The first-order valence-corrected chi connectivity index (χ1v) is 5.33. The van der Waals surface area contributed by atoms with Gasteiger partial charge in [-0.05, 0) is 33.7 Å². The summed E-state index contributed by atoms with van der Waals surface area (Å²) in [5.74, 6) is -0.766. The highest BCUT2D eigenvalue weighted by Crippen LogP contribution is 2.21. The molecule has 1 heterocycles. The number of carbonyl (C=O) groups is 2. The third kappa shape index (κ3) is 3.63. The van der Waals surface area contributed by atoms with Gasteiger partial charge in [0, 0.05) is 12.5 Å². The minimum absolute atomic E-state index is 0.242. The predicted octanol–water partition coefficient (Wildman–Crippen LogP) is 0.753. The molecule has 2 unspecified atom stereocenters. The lowest BCUT2D eigenvalue weighted by Gasteiger charge is -2.29. The lowest BCUT2D eigenvalue weighted by molar-refractivity contribution is -0.163. The summed E-state index contributed by atoms with van der Waals surface area (Å²) in [5.41, 5.74) is -0.477. The zero-order valence-electron chi connectivity index (χ0n) is 9.58. The van der Waals surface area contributed by atoms with E-state index in [9.17, 15) is 9.59 Å². The van der Waals surface area contributed by atoms with Gasteiger partial charge in [-0.1, -0.05) is 0 Å². The van der Waals surface area contributed by atoms with Crippen molar-refractivity contribution in [2.45, 2.75) is 32.8 Å². The van der Waals surface area contributed by atoms with Crippen molar-refractivity contribution in [3.05, 3.63) is 0 Å². The molecule has 0 aromatic heterocycles. The number of piperidine rings is 1. The molecular formula is C11H19NO3. The maximum Gasteiger partial charge on any atom is 0.310 e. The number of aldehydes is 1. The fourth-order valence-electron chi connectivity index (χ4n) is 1.70. The zero-order chi connectivity index (χ0) is 11.5. The Morgan fingerprint density at radius 1 is 1.47 bits per heavy atom. The second-order valence-corrected chi connectivity index (χ2v) is 4.93. The van der Waals surface area contributed by atoms with Gasteiger partial charge in [0.25, 0.3) is 0 Å². The molecule has 0 saturated carbocycles. The molecule has 1 aliphatic rings. The SMILES string of the molecule is CC(C)(C)OC(=O)C1CCNCC1C=O. The van der Waals surface area contributed by atoms with Crippen molar-refractivity contribution in [2.24, 2.45) is 11.8 Å². The molecule has 1 rings (SSSR count). The Labute approximate surface area is 90.4 Å². The number of hydrogen-bond donors (Lipinski definition) is 1. The predicted molar refractivity (Wildman–Crippen MR) is 56.4 cm³/mol. The van der Waals surface area contributed by atoms with Crippen molar-refractivity contribution in [1.29, 1.82) is 0 Å². The Kier molecular flexibility index (Phi) is 3.85. The highest BCUT2D eigenvalue weighted by atomic mass is 16.6. The first-order chi connectivity index (χ1) is 6.94. The van der Waals surface area contributed by atoms with E-state index in [0.717, 1.165) is 12.8 Å². The Bertz CT molecular complexity index is 245. The maximum absolute atomic E-state index is 11.8. The van der Waals surface area contributed by atoms with E-state index in [4.69, 9.17) is 4.74 Å². The summed E-state index contributed by atoms with van der Waals surface area (Å²) in [6.45, 7) is 6.85. The number of hydrogen-bond acceptors (Lipinski definition) is 4. The van der Waals surface area contributed by atoms with E-state index >= 15 is 0 Å². The summed E-state index contributed by atoms with van der Waals surface area (Å²) in [6.07, 6.45) is 1.53. The van der Waals surface area contributed by atoms with Crippen LogP contribution in [0.2, 0.25) is 0 Å². The van der Waals surface area contributed by atoms with Gasteiger partial charge in [-0.2, -0.15) is 0 Å². The number of ether oxygens (including phenoxy) is 1. The lowest BCUT2D eigenvalue weighted by Crippen LogP contribution is -2.43. The van der Waals surface area contributed by atoms with Gasteiger partial charge < -0.3 is 14.8 Å². The average Bonchev–Trinajstić information content (AvgIpc) is 2.15. The average molecular weight is 213 g/mol. The Morgan fingerprint density at radius 3 is 2.67 bits per heavy atom. The highest BCUT2D eigenvalue weighted by molar-refractivity contribution is 5.77. The molecule has 1 fully saturated rings. The summed E-state index contributed by atoms with van der Waals surface area (Å²) in [4.78, 5) is 22.6. The molecule has 0 aromatic rings. The van der Waals surface area contributed by atoms with Crippen molar-refractivity contribution in [3.63, 3.8) is 0 Å². The van der Waals surface area contributed by atoms with Crippen molar-refractivity contribution in [1.82, 2.24) is 5.32 Å². The Balaban J connectivity index is 2.60. The molecular weight excluding hydrogens is 194 g/mol. The number of carbonyl (C=O) groups excluding carboxylic acids is 2. The largest absolute Gasteiger partial charge is 0.460 e. The second-order valence-electron chi connectivity index (χ2n) is 4.93. The molecule has 0 aromatic carbocycles. The summed E-state index contributed by atoms with van der Waals surface area (Å²) in [6, 6.07) is 0. The highest BCUT2D eigenvalue weighted by Gasteiger charge is 2.33. The Morgan fingerprint density at radius 2 is 2.13 bits per heavy atom. The molecule has 4 nitrogen and oxygen atoms in total. The maximum atomic E-state index is 11.8. The minimum Gasteiger partial charge on any atom is -0.460 e. The molecule has 1 saturated heterocycles. The molecule has 2 atom stereocenters. The molecule has 1 aliphatic heterocycles. The van der Waals surface area contributed by atoms with Crippen LogP contribution in [0, 0.1) is 11.8 Å². The van der Waals surface area contributed by atoms with E-state index < -0.39 is 5.60 Å². The summed E-state index contributed by atoms with van der Waals surface area (Å²) in [5, 5.41) is 3.09. The van der Waals surface area contributed by atoms with Crippen molar-refractivity contribution >= 4 is 12.3 Å². The molecule has 4 heteroatoms. The minimum atomic E-state index is -0.477. The van der Waals surface area contributed by atoms with E-state index in [1.807, 2.05) is 20.8 Å². The first kappa shape index (κ1) is 12.2. The van der Waals surface area contributed by atoms with Crippen LogP contribution in [0.3, 0.4) is 0 Å². The standard InChI is InChI=1S/C11H19NO3/c1-11(2,3)15-10(14)9-4-5-12-6-8(9)7-13/h7-9,12H,4-6H2,1-3H3. The quantitative estimate of drug-likeness (QED) is 0.543. The van der Waals surface area contributed by atoms with Gasteiger partial charge in [-0.25, -0.2) is 0 Å². The summed E-state index contributed by atoms with van der Waals surface area (Å²) in [7, 11) is 0.